The van der Waals surface area contributed by atoms with Gasteiger partial charge in [-0.2, -0.15) is 0 Å². The van der Waals surface area contributed by atoms with Crippen LogP contribution < -0.4 is 0 Å². The number of aromatic hydroxyl groups is 2. The fourth-order valence-corrected chi connectivity index (χ4v) is 5.31. The van der Waals surface area contributed by atoms with Gasteiger partial charge in [0.15, 0.2) is 24.0 Å². The number of aliphatic hydroxyl groups is 2. The molecule has 3 rings (SSSR count). The number of hydrogen-bond donors (Lipinski definition) is 4. The Morgan fingerprint density at radius 2 is 1.85 bits per heavy atom. The molecule has 2 aliphatic rings. The van der Waals surface area contributed by atoms with Crippen molar-refractivity contribution in [3.05, 3.63) is 22.8 Å². The summed E-state index contributed by atoms with van der Waals surface area (Å²) >= 11 is 0. The minimum atomic E-state index is -1.41. The van der Waals surface area contributed by atoms with Gasteiger partial charge in [0.25, 0.3) is 0 Å². The number of phenols is 2. The number of carbonyl (C=O) groups is 2. The van der Waals surface area contributed by atoms with E-state index >= 15 is 0 Å². The lowest BCUT2D eigenvalue weighted by atomic mass is 9.77. The third-order valence-corrected chi connectivity index (χ3v) is 7.14. The molecule has 2 heterocycles. The van der Waals surface area contributed by atoms with Gasteiger partial charge < -0.3 is 34.6 Å². The van der Waals surface area contributed by atoms with Crippen LogP contribution in [0.15, 0.2) is 6.07 Å². The van der Waals surface area contributed by atoms with E-state index in [0.29, 0.717) is 12.7 Å². The van der Waals surface area contributed by atoms with E-state index in [-0.39, 0.29) is 35.5 Å². The molecular formula is C25H36O9. The Labute approximate surface area is 199 Å². The molecule has 9 heteroatoms. The van der Waals surface area contributed by atoms with Crippen LogP contribution in [0.5, 0.6) is 11.5 Å². The molecule has 2 saturated heterocycles. The zero-order valence-corrected chi connectivity index (χ0v) is 20.5. The van der Waals surface area contributed by atoms with Gasteiger partial charge in [0.05, 0.1) is 41.5 Å². The molecule has 0 aliphatic carbocycles. The first kappa shape index (κ1) is 26.6. The van der Waals surface area contributed by atoms with Crippen LogP contribution in [0, 0.1) is 17.8 Å². The van der Waals surface area contributed by atoms with E-state index in [1.54, 1.807) is 13.8 Å². The van der Waals surface area contributed by atoms with Gasteiger partial charge >= 0.3 is 0 Å². The third-order valence-electron chi connectivity index (χ3n) is 7.14. The smallest absolute Gasteiger partial charge is 0.189 e. The van der Waals surface area contributed by atoms with Crippen molar-refractivity contribution in [3.63, 3.8) is 0 Å². The number of carbonyl (C=O) groups excluding carboxylic acids is 2. The van der Waals surface area contributed by atoms with Crippen LogP contribution in [-0.2, 0) is 14.2 Å². The number of hydrogen-bond acceptors (Lipinski definition) is 9. The minimum absolute atomic E-state index is 0.0566. The van der Waals surface area contributed by atoms with Crippen molar-refractivity contribution >= 4 is 12.1 Å². The molecule has 0 amide bonds. The summed E-state index contributed by atoms with van der Waals surface area (Å²) in [6, 6.07) is 1.35. The third kappa shape index (κ3) is 4.24. The van der Waals surface area contributed by atoms with Crippen LogP contribution in [0.4, 0.5) is 0 Å². The predicted octanol–water partition coefficient (Wildman–Crippen LogP) is 2.72. The molecule has 0 bridgehead atoms. The van der Waals surface area contributed by atoms with Crippen molar-refractivity contribution in [3.8, 4) is 11.5 Å². The van der Waals surface area contributed by atoms with Crippen LogP contribution in [-0.4, -0.2) is 69.8 Å². The number of benzene rings is 1. The number of ether oxygens (including phenoxy) is 3. The lowest BCUT2D eigenvalue weighted by Gasteiger charge is -2.40. The van der Waals surface area contributed by atoms with Gasteiger partial charge in [-0.15, -0.1) is 0 Å². The molecule has 2 fully saturated rings. The lowest BCUT2D eigenvalue weighted by molar-refractivity contribution is -0.240. The van der Waals surface area contributed by atoms with Crippen molar-refractivity contribution in [2.45, 2.75) is 83.8 Å². The first-order valence-corrected chi connectivity index (χ1v) is 11.8. The zero-order chi connectivity index (χ0) is 25.5. The molecule has 4 N–H and O–H groups in total. The van der Waals surface area contributed by atoms with E-state index in [1.165, 1.54) is 13.2 Å². The van der Waals surface area contributed by atoms with Gasteiger partial charge in [-0.25, -0.2) is 0 Å². The molecule has 2 aliphatic heterocycles. The van der Waals surface area contributed by atoms with Crippen molar-refractivity contribution < 1.29 is 44.2 Å². The monoisotopic (exact) mass is 480 g/mol. The second-order valence-electron chi connectivity index (χ2n) is 9.92. The number of rotatable bonds is 9. The van der Waals surface area contributed by atoms with E-state index in [0.717, 1.165) is 0 Å². The van der Waals surface area contributed by atoms with Crippen molar-refractivity contribution in [1.82, 2.24) is 0 Å². The Kier molecular flexibility index (Phi) is 7.74. The Balaban J connectivity index is 2.02. The fraction of sp³-hybridized carbons (Fsp3) is 0.680. The second kappa shape index (κ2) is 9.91. The highest BCUT2D eigenvalue weighted by Crippen LogP contribution is 2.51. The molecule has 0 saturated carbocycles. The Morgan fingerprint density at radius 3 is 2.29 bits per heavy atom. The van der Waals surface area contributed by atoms with Crippen molar-refractivity contribution in [2.24, 2.45) is 17.8 Å². The van der Waals surface area contributed by atoms with E-state index in [1.807, 2.05) is 20.8 Å². The van der Waals surface area contributed by atoms with Gasteiger partial charge in [0.2, 0.25) is 0 Å². The van der Waals surface area contributed by atoms with E-state index in [4.69, 9.17) is 14.2 Å². The topological polar surface area (TPSA) is 146 Å². The number of Topliss-reactive ketones (excluding diaryl/α,β-unsaturated/α-hetero) is 1. The van der Waals surface area contributed by atoms with Crippen molar-refractivity contribution in [2.75, 3.05) is 7.11 Å². The Hall–Kier alpha value is -2.04. The van der Waals surface area contributed by atoms with Gasteiger partial charge in [0, 0.05) is 19.1 Å². The molecule has 1 spiro atoms. The fourth-order valence-electron chi connectivity index (χ4n) is 5.31. The number of phenolic OH excluding ortho intramolecular Hbond substituents is 2. The quantitative estimate of drug-likeness (QED) is 0.238. The molecule has 0 aromatic heterocycles. The highest BCUT2D eigenvalue weighted by atomic mass is 16.7. The van der Waals surface area contributed by atoms with Crippen LogP contribution in [0.2, 0.25) is 0 Å². The highest BCUT2D eigenvalue weighted by Gasteiger charge is 2.68. The summed E-state index contributed by atoms with van der Waals surface area (Å²) < 4.78 is 16.9. The summed E-state index contributed by atoms with van der Waals surface area (Å²) in [6.07, 6.45) is -3.30. The first-order chi connectivity index (χ1) is 16.0. The molecule has 1 aromatic carbocycles. The number of ketones is 1. The normalized spacial score (nSPS) is 30.5. The maximum atomic E-state index is 13.8. The van der Waals surface area contributed by atoms with E-state index in [9.17, 15) is 30.0 Å². The molecular weight excluding hydrogens is 444 g/mol. The number of aliphatic hydroxyl groups excluding tert-OH is 2. The summed E-state index contributed by atoms with van der Waals surface area (Å²) in [5.74, 6) is -2.85. The number of epoxide rings is 1. The molecule has 34 heavy (non-hydrogen) atoms. The van der Waals surface area contributed by atoms with Gasteiger partial charge in [-0.3, -0.25) is 9.59 Å². The number of aldehydes is 1. The van der Waals surface area contributed by atoms with Gasteiger partial charge in [-0.05, 0) is 24.3 Å². The zero-order valence-electron chi connectivity index (χ0n) is 20.5. The maximum absolute atomic E-state index is 13.8. The summed E-state index contributed by atoms with van der Waals surface area (Å²) in [4.78, 5) is 25.5. The SMILES string of the molecule is CC[C@@H]1O[C@@]12[C@H](O)C[C@H]([C@@H](C(=O)c1cc([C@H](OC)C(C)C)c(O)c(C=O)c1O)C(C)C)O[C@H]2O. The molecule has 0 unspecified atom stereocenters. The lowest BCUT2D eigenvalue weighted by Crippen LogP contribution is -2.55. The van der Waals surface area contributed by atoms with E-state index in [2.05, 4.69) is 0 Å². The van der Waals surface area contributed by atoms with E-state index < -0.39 is 59.0 Å². The molecule has 1 aromatic rings. The van der Waals surface area contributed by atoms with Crippen LogP contribution in [0.3, 0.4) is 0 Å². The standard InChI is InChI=1S/C25H36O9/c1-7-18-25(34-18)17(27)9-16(33-24(25)31)19(11(2)3)22(30)13-8-14(23(32-6)12(4)5)21(29)15(10-26)20(13)28/h8,10-12,16-19,23-24,27-29,31H,7,9H2,1-6H3/t16-,17-,18+,19+,23-,24-,25+/m1/s1. The average molecular weight is 481 g/mol. The van der Waals surface area contributed by atoms with Gasteiger partial charge in [-0.1, -0.05) is 34.6 Å². The summed E-state index contributed by atoms with van der Waals surface area (Å²) in [5, 5.41) is 42.8. The maximum Gasteiger partial charge on any atom is 0.189 e. The second-order valence-corrected chi connectivity index (χ2v) is 9.92. The first-order valence-electron chi connectivity index (χ1n) is 11.8. The van der Waals surface area contributed by atoms with Crippen molar-refractivity contribution in [1.29, 1.82) is 0 Å². The number of methoxy groups -OCH3 is 1. The largest absolute Gasteiger partial charge is 0.507 e. The Bertz CT molecular complexity index is 913. The molecule has 7 atom stereocenters. The van der Waals surface area contributed by atoms with Crippen LogP contribution >= 0.6 is 0 Å². The molecule has 0 radical (unpaired) electrons. The minimum Gasteiger partial charge on any atom is -0.507 e. The van der Waals surface area contributed by atoms with Crippen LogP contribution in [0.25, 0.3) is 0 Å². The Morgan fingerprint density at radius 1 is 1.21 bits per heavy atom. The molecule has 190 valence electrons. The van der Waals surface area contributed by atoms with Gasteiger partial charge in [0.1, 0.15) is 11.5 Å². The van der Waals surface area contributed by atoms with Crippen LogP contribution in [0.1, 0.15) is 79.8 Å². The summed E-state index contributed by atoms with van der Waals surface area (Å²) in [7, 11) is 1.45. The highest BCUT2D eigenvalue weighted by molar-refractivity contribution is 6.04. The average Bonchev–Trinajstić information content (AvgIpc) is 3.50. The predicted molar refractivity (Wildman–Crippen MR) is 122 cm³/mol. The summed E-state index contributed by atoms with van der Waals surface area (Å²) in [6.45, 7) is 9.19. The molecule has 9 nitrogen and oxygen atoms in total. The summed E-state index contributed by atoms with van der Waals surface area (Å²) in [5.41, 5.74) is -1.52.